The molecule has 1 heteroatoms. The first-order chi connectivity index (χ1) is 4.66. The maximum absolute atomic E-state index is 2.21. The Labute approximate surface area is 70.1 Å². The average molecular weight is 160 g/mol. The fraction of sp³-hybridized carbons (Fsp3) is 0.778. The van der Waals surface area contributed by atoms with Crippen molar-refractivity contribution in [1.82, 2.24) is 0 Å². The molecule has 0 rings (SSSR count). The van der Waals surface area contributed by atoms with Gasteiger partial charge in [-0.25, -0.2) is 0 Å². The summed E-state index contributed by atoms with van der Waals surface area (Å²) in [7, 11) is 0. The predicted octanol–water partition coefficient (Wildman–Crippen LogP) is 4.08. The Hall–Kier alpha value is 0.0900. The largest absolute Gasteiger partial charge is 0.128 e. The maximum Gasteiger partial charge on any atom is 0.00343 e. The zero-order valence-electron chi connectivity index (χ0n) is 8.06. The lowest BCUT2D eigenvalue weighted by Gasteiger charge is -2.01. The van der Waals surface area contributed by atoms with Crippen LogP contribution in [0.25, 0.3) is 0 Å². The van der Waals surface area contributed by atoms with Crippen molar-refractivity contribution in [2.75, 3.05) is 0 Å². The van der Waals surface area contributed by atoms with Gasteiger partial charge in [-0.05, 0) is 18.8 Å². The van der Waals surface area contributed by atoms with E-state index in [4.69, 9.17) is 0 Å². The summed E-state index contributed by atoms with van der Waals surface area (Å²) in [6.45, 7) is 12.6. The molecule has 0 aliphatic rings. The van der Waals surface area contributed by atoms with Crippen molar-refractivity contribution in [2.45, 2.75) is 46.8 Å². The van der Waals surface area contributed by atoms with Crippen LogP contribution in [0.5, 0.6) is 0 Å². The predicted molar refractivity (Wildman–Crippen MR) is 53.5 cm³/mol. The lowest BCUT2D eigenvalue weighted by atomic mass is 10.6. The second-order valence-corrected chi connectivity index (χ2v) is 3.89. The second kappa shape index (κ2) is 9.09. The van der Waals surface area contributed by atoms with Crippen LogP contribution < -0.4 is 0 Å². The quantitative estimate of drug-likeness (QED) is 0.586. The molecule has 0 aromatic heterocycles. The van der Waals surface area contributed by atoms with Crippen molar-refractivity contribution in [3.8, 4) is 0 Å². The SMILES string of the molecule is C/C=C(/C)SC(C)C.CC. The molecule has 0 unspecified atom stereocenters. The smallest absolute Gasteiger partial charge is 0.00343 e. The second-order valence-electron chi connectivity index (χ2n) is 2.07. The van der Waals surface area contributed by atoms with Crippen molar-refractivity contribution < 1.29 is 0 Å². The van der Waals surface area contributed by atoms with Crippen molar-refractivity contribution in [1.29, 1.82) is 0 Å². The van der Waals surface area contributed by atoms with E-state index in [1.165, 1.54) is 4.91 Å². The van der Waals surface area contributed by atoms with E-state index >= 15 is 0 Å². The van der Waals surface area contributed by atoms with Crippen molar-refractivity contribution in [2.24, 2.45) is 0 Å². The van der Waals surface area contributed by atoms with Gasteiger partial charge >= 0.3 is 0 Å². The summed E-state index contributed by atoms with van der Waals surface area (Å²) < 4.78 is 0. The van der Waals surface area contributed by atoms with Gasteiger partial charge < -0.3 is 0 Å². The summed E-state index contributed by atoms with van der Waals surface area (Å²) in [6, 6.07) is 0. The Kier molecular flexibility index (Phi) is 11.6. The number of thioether (sulfide) groups is 1. The van der Waals surface area contributed by atoms with Crippen LogP contribution in [0.4, 0.5) is 0 Å². The molecule has 0 heterocycles. The third-order valence-electron chi connectivity index (χ3n) is 0.828. The van der Waals surface area contributed by atoms with E-state index in [-0.39, 0.29) is 0 Å². The first-order valence-corrected chi connectivity index (χ1v) is 4.84. The van der Waals surface area contributed by atoms with Crippen LogP contribution >= 0.6 is 11.8 Å². The van der Waals surface area contributed by atoms with E-state index in [1.807, 2.05) is 25.6 Å². The third-order valence-corrected chi connectivity index (χ3v) is 1.91. The molecule has 0 aromatic carbocycles. The molecule has 62 valence electrons. The Bertz CT molecular complexity index is 82.7. The van der Waals surface area contributed by atoms with E-state index in [1.54, 1.807) is 0 Å². The van der Waals surface area contributed by atoms with Gasteiger partial charge in [0.1, 0.15) is 0 Å². The van der Waals surface area contributed by atoms with E-state index < -0.39 is 0 Å². The highest BCUT2D eigenvalue weighted by Gasteiger charge is 1.92. The fourth-order valence-electron chi connectivity index (χ4n) is 0.440. The molecule has 0 bridgehead atoms. The highest BCUT2D eigenvalue weighted by atomic mass is 32.2. The lowest BCUT2D eigenvalue weighted by Crippen LogP contribution is -1.83. The van der Waals surface area contributed by atoms with Gasteiger partial charge in [-0.1, -0.05) is 33.8 Å². The number of allylic oxidation sites excluding steroid dienone is 2. The monoisotopic (exact) mass is 160 g/mol. The summed E-state index contributed by atoms with van der Waals surface area (Å²) >= 11 is 1.92. The highest BCUT2D eigenvalue weighted by molar-refractivity contribution is 8.03. The Balaban J connectivity index is 0. The first kappa shape index (κ1) is 12.7. The van der Waals surface area contributed by atoms with E-state index in [9.17, 15) is 0 Å². The van der Waals surface area contributed by atoms with Gasteiger partial charge in [-0.3, -0.25) is 0 Å². The Morgan fingerprint density at radius 1 is 1.30 bits per heavy atom. The molecule has 0 N–H and O–H groups in total. The molecule has 0 fully saturated rings. The molecule has 0 atom stereocenters. The minimum Gasteiger partial charge on any atom is -0.128 e. The Morgan fingerprint density at radius 2 is 1.70 bits per heavy atom. The summed E-state index contributed by atoms with van der Waals surface area (Å²) in [5.41, 5.74) is 0. The van der Waals surface area contributed by atoms with Crippen LogP contribution in [-0.2, 0) is 0 Å². The molecule has 0 aromatic rings. The molecule has 0 saturated heterocycles. The normalized spacial score (nSPS) is 10.9. The molecule has 0 aliphatic heterocycles. The van der Waals surface area contributed by atoms with Crippen LogP contribution in [0.1, 0.15) is 41.5 Å². The van der Waals surface area contributed by atoms with E-state index in [0.717, 1.165) is 5.25 Å². The molecule has 0 spiro atoms. The molecule has 0 amide bonds. The topological polar surface area (TPSA) is 0 Å². The van der Waals surface area contributed by atoms with Crippen LogP contribution in [0, 0.1) is 0 Å². The van der Waals surface area contributed by atoms with Crippen LogP contribution in [-0.4, -0.2) is 5.25 Å². The van der Waals surface area contributed by atoms with Gasteiger partial charge in [-0.2, -0.15) is 0 Å². The van der Waals surface area contributed by atoms with Crippen molar-refractivity contribution in [3.05, 3.63) is 11.0 Å². The standard InChI is InChI=1S/C7H14S.C2H6/c1-5-7(4)8-6(2)3;1-2/h5-6H,1-4H3;1-2H3/b7-5-;. The summed E-state index contributed by atoms with van der Waals surface area (Å²) in [4.78, 5) is 1.42. The zero-order chi connectivity index (χ0) is 8.57. The van der Waals surface area contributed by atoms with Crippen LogP contribution in [0.3, 0.4) is 0 Å². The van der Waals surface area contributed by atoms with Gasteiger partial charge in [0, 0.05) is 5.25 Å². The lowest BCUT2D eigenvalue weighted by molar-refractivity contribution is 1.12. The minimum atomic E-state index is 0.728. The summed E-state index contributed by atoms with van der Waals surface area (Å²) in [6.07, 6.45) is 2.14. The number of hydrogen-bond acceptors (Lipinski definition) is 1. The molecule has 10 heavy (non-hydrogen) atoms. The summed E-state index contributed by atoms with van der Waals surface area (Å²) in [5, 5.41) is 0.728. The van der Waals surface area contributed by atoms with E-state index in [2.05, 4.69) is 33.8 Å². The number of hydrogen-bond donors (Lipinski definition) is 0. The maximum atomic E-state index is 2.21. The molecular weight excluding hydrogens is 140 g/mol. The first-order valence-electron chi connectivity index (χ1n) is 3.96. The highest BCUT2D eigenvalue weighted by Crippen LogP contribution is 2.19. The van der Waals surface area contributed by atoms with E-state index in [0.29, 0.717) is 0 Å². The van der Waals surface area contributed by atoms with Gasteiger partial charge in [0.2, 0.25) is 0 Å². The summed E-state index contributed by atoms with van der Waals surface area (Å²) in [5.74, 6) is 0. The molecule has 0 radical (unpaired) electrons. The molecule has 0 nitrogen and oxygen atoms in total. The van der Waals surface area contributed by atoms with Gasteiger partial charge in [0.25, 0.3) is 0 Å². The average Bonchev–Trinajstić information content (AvgIpc) is 1.91. The molecule has 0 aliphatic carbocycles. The van der Waals surface area contributed by atoms with Gasteiger partial charge in [-0.15, -0.1) is 11.8 Å². The molecule has 0 saturated carbocycles. The molecular formula is C9H20S. The third kappa shape index (κ3) is 11.0. The van der Waals surface area contributed by atoms with Crippen LogP contribution in [0.2, 0.25) is 0 Å². The van der Waals surface area contributed by atoms with Gasteiger partial charge in [0.05, 0.1) is 0 Å². The van der Waals surface area contributed by atoms with Gasteiger partial charge in [0.15, 0.2) is 0 Å². The Morgan fingerprint density at radius 3 is 1.80 bits per heavy atom. The van der Waals surface area contributed by atoms with Crippen LogP contribution in [0.15, 0.2) is 11.0 Å². The zero-order valence-corrected chi connectivity index (χ0v) is 8.88. The fourth-order valence-corrected chi connectivity index (χ4v) is 1.32. The number of rotatable bonds is 2. The minimum absolute atomic E-state index is 0.728. The van der Waals surface area contributed by atoms with Crippen molar-refractivity contribution in [3.63, 3.8) is 0 Å². The van der Waals surface area contributed by atoms with Crippen molar-refractivity contribution >= 4 is 11.8 Å².